The summed E-state index contributed by atoms with van der Waals surface area (Å²) in [7, 11) is 0.524. The van der Waals surface area contributed by atoms with Crippen LogP contribution in [0.5, 0.6) is 5.75 Å². The number of fused-ring (bicyclic) bond motifs is 2. The first-order valence-corrected chi connectivity index (χ1v) is 16.8. The Hall–Kier alpha value is -3.26. The second kappa shape index (κ2) is 11.0. The largest absolute Gasteiger partial charge is 0.508 e. The van der Waals surface area contributed by atoms with E-state index in [9.17, 15) is 14.7 Å². The molecule has 2 bridgehead atoms. The molecule has 0 fully saturated rings. The molecule has 0 aromatic heterocycles. The van der Waals surface area contributed by atoms with Crippen molar-refractivity contribution >= 4 is 31.3 Å². The Labute approximate surface area is 220 Å². The number of aromatic hydroxyl groups is 1. The Kier molecular flexibility index (Phi) is 7.97. The summed E-state index contributed by atoms with van der Waals surface area (Å²) in [6.45, 7) is 9.30. The summed E-state index contributed by atoms with van der Waals surface area (Å²) in [6, 6.07) is 15.9. The van der Waals surface area contributed by atoms with Gasteiger partial charge in [0.1, 0.15) is 5.75 Å². The van der Waals surface area contributed by atoms with Crippen LogP contribution in [-0.4, -0.2) is 45.4 Å². The zero-order valence-electron chi connectivity index (χ0n) is 22.4. The summed E-state index contributed by atoms with van der Waals surface area (Å²) in [5.41, 5.74) is 7.70. The third kappa shape index (κ3) is 5.85. The number of ether oxygens (including phenoxy) is 2. The zero-order chi connectivity index (χ0) is 26.7. The Balaban J connectivity index is 1.76. The monoisotopic (exact) mass is 522 g/mol. The minimum absolute atomic E-state index is 0.115. The molecule has 0 radical (unpaired) electrons. The van der Waals surface area contributed by atoms with Gasteiger partial charge in [-0.05, 0) is 59.9 Å². The first-order chi connectivity index (χ1) is 17.6. The molecule has 5 rings (SSSR count). The van der Waals surface area contributed by atoms with Crippen molar-refractivity contribution in [3.63, 3.8) is 0 Å². The summed E-state index contributed by atoms with van der Waals surface area (Å²) < 4.78 is 11.4. The van der Waals surface area contributed by atoms with Crippen molar-refractivity contribution in [2.45, 2.75) is 51.4 Å². The fourth-order valence-electron chi connectivity index (χ4n) is 5.23. The quantitative estimate of drug-likeness (QED) is 0.248. The van der Waals surface area contributed by atoms with Crippen molar-refractivity contribution in [2.24, 2.45) is 11.8 Å². The number of para-hydroxylation sites is 1. The maximum atomic E-state index is 13.6. The van der Waals surface area contributed by atoms with Crippen molar-refractivity contribution in [3.05, 3.63) is 65.4 Å². The zero-order valence-corrected chi connectivity index (χ0v) is 23.4. The lowest BCUT2D eigenvalue weighted by molar-refractivity contribution is -0.159. The molecule has 7 nitrogen and oxygen atoms in total. The Bertz CT molecular complexity index is 1170. The lowest BCUT2D eigenvalue weighted by Crippen LogP contribution is -2.47. The molecule has 0 aliphatic heterocycles. The third-order valence-electron chi connectivity index (χ3n) is 7.10. The highest BCUT2D eigenvalue weighted by atomic mass is 28.3. The number of nitrogens with one attached hydrogen (secondary N) is 1. The molecule has 0 heterocycles. The predicted molar refractivity (Wildman–Crippen MR) is 148 cm³/mol. The lowest BCUT2D eigenvalue weighted by Gasteiger charge is -2.45. The van der Waals surface area contributed by atoms with E-state index < -0.39 is 25.9 Å². The molecule has 2 aromatic rings. The minimum Gasteiger partial charge on any atom is -0.508 e. The maximum Gasteiger partial charge on any atom is 0.314 e. The van der Waals surface area contributed by atoms with Crippen LogP contribution in [0.4, 0.5) is 5.69 Å². The van der Waals surface area contributed by atoms with Gasteiger partial charge in [0, 0.05) is 26.7 Å². The number of carbonyl (C=O) groups is 2. The fraction of sp³-hybridized carbons (Fsp3) is 0.448. The van der Waals surface area contributed by atoms with Gasteiger partial charge in [0.15, 0.2) is 0 Å². The number of phenolic OH excluding ortho intramolecular Hbond substituents is 1. The highest BCUT2D eigenvalue weighted by Gasteiger charge is 2.53. The number of benzene rings is 2. The number of rotatable bonds is 10. The summed E-state index contributed by atoms with van der Waals surface area (Å²) in [6.07, 6.45) is 1.24. The van der Waals surface area contributed by atoms with Gasteiger partial charge in [-0.1, -0.05) is 50.8 Å². The van der Waals surface area contributed by atoms with E-state index in [0.29, 0.717) is 25.0 Å². The van der Waals surface area contributed by atoms with Gasteiger partial charge in [0.05, 0.1) is 30.7 Å². The smallest absolute Gasteiger partial charge is 0.314 e. The number of hydrogen-bond donors (Lipinski definition) is 2. The molecule has 0 saturated heterocycles. The van der Waals surface area contributed by atoms with E-state index in [1.165, 1.54) is 0 Å². The van der Waals surface area contributed by atoms with E-state index in [2.05, 4.69) is 25.1 Å². The van der Waals surface area contributed by atoms with Crippen LogP contribution >= 0.6 is 0 Å². The highest BCUT2D eigenvalue weighted by Crippen LogP contribution is 2.55. The van der Waals surface area contributed by atoms with E-state index >= 15 is 0 Å². The van der Waals surface area contributed by atoms with Crippen molar-refractivity contribution in [2.75, 3.05) is 25.3 Å². The van der Waals surface area contributed by atoms with Crippen LogP contribution in [0.2, 0.25) is 25.7 Å². The molecule has 0 spiro atoms. The number of anilines is 1. The van der Waals surface area contributed by atoms with Crippen LogP contribution in [-0.2, 0) is 19.1 Å². The number of allylic oxidation sites excluding steroid dienone is 1. The fourth-order valence-corrected chi connectivity index (χ4v) is 5.94. The topological polar surface area (TPSA) is 88.1 Å². The number of esters is 2. The molecule has 3 aliphatic carbocycles. The van der Waals surface area contributed by atoms with Crippen LogP contribution in [0.25, 0.3) is 5.57 Å². The van der Waals surface area contributed by atoms with Gasteiger partial charge in [-0.25, -0.2) is 0 Å². The van der Waals surface area contributed by atoms with Crippen LogP contribution < -0.4 is 10.4 Å². The summed E-state index contributed by atoms with van der Waals surface area (Å²) in [4.78, 5) is 27.1. The molecule has 0 saturated carbocycles. The Morgan fingerprint density at radius 3 is 2.43 bits per heavy atom. The summed E-state index contributed by atoms with van der Waals surface area (Å²) in [5, 5.41) is 12.2. The molecule has 2 aromatic carbocycles. The van der Waals surface area contributed by atoms with Crippen LogP contribution in [0.15, 0.2) is 54.2 Å². The van der Waals surface area contributed by atoms with Gasteiger partial charge >= 0.3 is 11.9 Å². The average Bonchev–Trinajstić information content (AvgIpc) is 2.86. The SMILES string of the molecule is CCCOC(=O)[C@@H]1C2=C(NN(C)c3ccccc3)CC(c3ccc(O)cc32)C1C(=O)OCC[Si](C)(C)C. The Morgan fingerprint density at radius 2 is 1.76 bits per heavy atom. The molecule has 2 unspecified atom stereocenters. The summed E-state index contributed by atoms with van der Waals surface area (Å²) >= 11 is 0. The van der Waals surface area contributed by atoms with Gasteiger partial charge in [0.25, 0.3) is 0 Å². The van der Waals surface area contributed by atoms with Crippen LogP contribution in [0, 0.1) is 11.8 Å². The second-order valence-electron chi connectivity index (χ2n) is 11.1. The van der Waals surface area contributed by atoms with Gasteiger partial charge in [-0.2, -0.15) is 0 Å². The van der Waals surface area contributed by atoms with Crippen molar-refractivity contribution in [1.82, 2.24) is 5.43 Å². The minimum atomic E-state index is -1.39. The van der Waals surface area contributed by atoms with Gasteiger partial charge in [-0.3, -0.25) is 14.6 Å². The first-order valence-electron chi connectivity index (χ1n) is 13.1. The number of phenols is 1. The normalized spacial score (nSPS) is 20.3. The Morgan fingerprint density at radius 1 is 1.05 bits per heavy atom. The van der Waals surface area contributed by atoms with Crippen LogP contribution in [0.3, 0.4) is 0 Å². The maximum absolute atomic E-state index is 13.6. The van der Waals surface area contributed by atoms with Gasteiger partial charge < -0.3 is 20.0 Å². The number of hydrogen-bond acceptors (Lipinski definition) is 7. The molecule has 2 N–H and O–H groups in total. The van der Waals surface area contributed by atoms with Crippen LogP contribution in [0.1, 0.15) is 36.8 Å². The number of hydrazine groups is 1. The highest BCUT2D eigenvalue weighted by molar-refractivity contribution is 6.76. The van der Waals surface area contributed by atoms with Gasteiger partial charge in [0.2, 0.25) is 0 Å². The van der Waals surface area contributed by atoms with E-state index in [-0.39, 0.29) is 24.2 Å². The third-order valence-corrected chi connectivity index (χ3v) is 8.80. The lowest BCUT2D eigenvalue weighted by atomic mass is 9.60. The number of nitrogens with zero attached hydrogens (tertiary/aromatic N) is 1. The standard InChI is InChI=1S/C29H38N2O5Si/c1-6-14-35-29(34)27-25-22-17-20(32)12-13-21(22)23(26(27)28(33)36-15-16-37(3,4)5)18-24(25)30-31(2)19-10-8-7-9-11-19/h7-13,17,23,26-27,30,32H,6,14-16,18H2,1-5H3/t23?,26?,27-/m1/s1. The average molecular weight is 523 g/mol. The van der Waals surface area contributed by atoms with E-state index in [0.717, 1.165) is 28.6 Å². The van der Waals surface area contributed by atoms with Crippen molar-refractivity contribution < 1.29 is 24.2 Å². The molecule has 198 valence electrons. The molecule has 0 amide bonds. The molecule has 8 heteroatoms. The second-order valence-corrected chi connectivity index (χ2v) is 16.8. The van der Waals surface area contributed by atoms with Gasteiger partial charge in [-0.15, -0.1) is 0 Å². The van der Waals surface area contributed by atoms with Crippen molar-refractivity contribution in [1.29, 1.82) is 0 Å². The molecule has 3 atom stereocenters. The predicted octanol–water partition coefficient (Wildman–Crippen LogP) is 5.31. The van der Waals surface area contributed by atoms with E-state index in [4.69, 9.17) is 9.47 Å². The number of carbonyl (C=O) groups excluding carboxylic acids is 2. The molecule has 37 heavy (non-hydrogen) atoms. The van der Waals surface area contributed by atoms with E-state index in [1.807, 2.05) is 55.4 Å². The van der Waals surface area contributed by atoms with E-state index in [1.54, 1.807) is 12.1 Å². The molecular formula is C29H38N2O5Si. The molecule has 3 aliphatic rings. The first kappa shape index (κ1) is 26.8. The molecular weight excluding hydrogens is 484 g/mol. The van der Waals surface area contributed by atoms with Crippen molar-refractivity contribution in [3.8, 4) is 5.75 Å². The summed E-state index contributed by atoms with van der Waals surface area (Å²) in [5.74, 6) is -2.43.